The van der Waals surface area contributed by atoms with Gasteiger partial charge in [0.2, 0.25) is 0 Å². The van der Waals surface area contributed by atoms with Gasteiger partial charge in [-0.2, -0.15) is 0 Å². The Morgan fingerprint density at radius 1 is 0.240 bits per heavy atom. The Kier molecular flexibility index (Phi) is 10.2. The van der Waals surface area contributed by atoms with Crippen LogP contribution in [-0.2, 0) is 21.7 Å². The number of nitrogens with zero attached hydrogens (tertiary/aromatic N) is 3. The molecule has 0 aliphatic heterocycles. The number of hydrogen-bond donors (Lipinski definition) is 0. The number of aromatic nitrogens is 3. The molecule has 0 fully saturated rings. The van der Waals surface area contributed by atoms with Gasteiger partial charge in [0.15, 0.2) is 0 Å². The van der Waals surface area contributed by atoms with Crippen LogP contribution in [0.25, 0.3) is 115 Å². The highest BCUT2D eigenvalue weighted by molar-refractivity contribution is 6.21. The molecule has 0 radical (unpaired) electrons. The molecule has 13 rings (SSSR count). The van der Waals surface area contributed by atoms with Gasteiger partial charge >= 0.3 is 0 Å². The molecule has 0 saturated heterocycles. The summed E-state index contributed by atoms with van der Waals surface area (Å²) in [5.41, 5.74) is 18.5. The average Bonchev–Trinajstić information content (AvgIpc) is 4.01. The van der Waals surface area contributed by atoms with E-state index in [1.54, 1.807) is 0 Å². The minimum absolute atomic E-state index is 0.00845. The molecular weight excluding hydrogens is 907 g/mol. The zero-order valence-electron chi connectivity index (χ0n) is 45.7. The Labute approximate surface area is 441 Å². The lowest BCUT2D eigenvalue weighted by Crippen LogP contribution is -2.10. The van der Waals surface area contributed by atoms with E-state index in [0.717, 1.165) is 11.4 Å². The molecule has 3 heterocycles. The second kappa shape index (κ2) is 16.3. The zero-order valence-corrected chi connectivity index (χ0v) is 45.7. The molecule has 0 atom stereocenters. The first-order valence-electron chi connectivity index (χ1n) is 27.0. The predicted octanol–water partition coefficient (Wildman–Crippen LogP) is 20.1. The average molecular weight is 974 g/mol. The van der Waals surface area contributed by atoms with Gasteiger partial charge in [0, 0.05) is 54.5 Å². The molecule has 0 aliphatic rings. The maximum absolute atomic E-state index is 2.61. The summed E-state index contributed by atoms with van der Waals surface area (Å²) >= 11 is 0. The molecule has 75 heavy (non-hydrogen) atoms. The van der Waals surface area contributed by atoms with Crippen molar-refractivity contribution in [2.45, 2.75) is 105 Å². The van der Waals surface area contributed by atoms with E-state index in [-0.39, 0.29) is 21.7 Å². The van der Waals surface area contributed by atoms with Gasteiger partial charge in [0.05, 0.1) is 38.8 Å². The first kappa shape index (κ1) is 46.9. The molecule has 10 aromatic carbocycles. The molecule has 0 N–H and O–H groups in total. The summed E-state index contributed by atoms with van der Waals surface area (Å²) in [7, 11) is 0. The molecule has 0 bridgehead atoms. The summed E-state index contributed by atoms with van der Waals surface area (Å²) in [6.07, 6.45) is 0. The lowest BCUT2D eigenvalue weighted by atomic mass is 9.85. The Morgan fingerprint density at radius 3 is 0.893 bits per heavy atom. The lowest BCUT2D eigenvalue weighted by Gasteiger charge is -2.20. The van der Waals surface area contributed by atoms with E-state index in [1.165, 1.54) is 126 Å². The van der Waals surface area contributed by atoms with Crippen molar-refractivity contribution in [2.75, 3.05) is 0 Å². The van der Waals surface area contributed by atoms with Crippen LogP contribution >= 0.6 is 0 Å². The highest BCUT2D eigenvalue weighted by Gasteiger charge is 2.26. The quantitative estimate of drug-likeness (QED) is 0.156. The summed E-state index contributed by atoms with van der Waals surface area (Å²) < 4.78 is 7.64. The minimum Gasteiger partial charge on any atom is -0.309 e. The van der Waals surface area contributed by atoms with Crippen LogP contribution in [0, 0.1) is 0 Å². The summed E-state index contributed by atoms with van der Waals surface area (Å²) in [4.78, 5) is 0. The fourth-order valence-electron chi connectivity index (χ4n) is 12.2. The zero-order chi connectivity index (χ0) is 52.1. The summed E-state index contributed by atoms with van der Waals surface area (Å²) in [6, 6.07) is 72.2. The van der Waals surface area contributed by atoms with Gasteiger partial charge in [-0.25, -0.2) is 0 Å². The highest BCUT2D eigenvalue weighted by atomic mass is 15.0. The molecule has 3 nitrogen and oxygen atoms in total. The van der Waals surface area contributed by atoms with Gasteiger partial charge in [-0.15, -0.1) is 0 Å². The van der Waals surface area contributed by atoms with E-state index in [1.807, 2.05) is 0 Å². The maximum atomic E-state index is 2.61. The van der Waals surface area contributed by atoms with Crippen LogP contribution in [0.5, 0.6) is 0 Å². The molecule has 0 aliphatic carbocycles. The number of rotatable bonds is 4. The van der Waals surface area contributed by atoms with Crippen molar-refractivity contribution in [1.82, 2.24) is 13.7 Å². The van der Waals surface area contributed by atoms with Gasteiger partial charge in [0.25, 0.3) is 0 Å². The molecule has 0 amide bonds. The van der Waals surface area contributed by atoms with E-state index in [9.17, 15) is 0 Å². The van der Waals surface area contributed by atoms with Crippen molar-refractivity contribution in [3.63, 3.8) is 0 Å². The SMILES string of the molecule is CC(C)(C)c1ccc2c(c1)c1cc(C(C)(C)C)ccc1n2-c1ccc2c3ccc(-n4c5ccc(C(C)(C)C)cc5c5cc(C(C)(C)C)ccc54)cc3n(-c3c4ccccc4c(-c4ccccc4)c4ccccc34)c2c1. The van der Waals surface area contributed by atoms with E-state index in [4.69, 9.17) is 0 Å². The van der Waals surface area contributed by atoms with Crippen molar-refractivity contribution in [3.05, 3.63) is 210 Å². The predicted molar refractivity (Wildman–Crippen MR) is 325 cm³/mol. The Morgan fingerprint density at radius 2 is 0.560 bits per heavy atom. The minimum atomic E-state index is 0.00845. The van der Waals surface area contributed by atoms with Crippen LogP contribution in [0.4, 0.5) is 0 Å². The van der Waals surface area contributed by atoms with E-state index < -0.39 is 0 Å². The third-order valence-corrected chi connectivity index (χ3v) is 16.4. The fourth-order valence-corrected chi connectivity index (χ4v) is 12.2. The van der Waals surface area contributed by atoms with Crippen LogP contribution in [0.1, 0.15) is 105 Å². The van der Waals surface area contributed by atoms with E-state index >= 15 is 0 Å². The van der Waals surface area contributed by atoms with Gasteiger partial charge in [-0.3, -0.25) is 0 Å². The normalized spacial score (nSPS) is 13.1. The van der Waals surface area contributed by atoms with Crippen molar-refractivity contribution in [3.8, 4) is 28.2 Å². The Hall–Kier alpha value is -7.88. The highest BCUT2D eigenvalue weighted by Crippen LogP contribution is 2.47. The van der Waals surface area contributed by atoms with Gasteiger partial charge in [-0.05, 0) is 139 Å². The van der Waals surface area contributed by atoms with Crippen LogP contribution in [-0.4, -0.2) is 13.7 Å². The molecule has 0 saturated carbocycles. The first-order valence-corrected chi connectivity index (χ1v) is 27.0. The summed E-state index contributed by atoms with van der Waals surface area (Å²) in [6.45, 7) is 27.8. The summed E-state index contributed by atoms with van der Waals surface area (Å²) in [5, 5.41) is 12.5. The van der Waals surface area contributed by atoms with Gasteiger partial charge < -0.3 is 13.7 Å². The largest absolute Gasteiger partial charge is 0.309 e. The molecule has 0 unspecified atom stereocenters. The number of benzene rings is 10. The monoisotopic (exact) mass is 974 g/mol. The van der Waals surface area contributed by atoms with Crippen molar-refractivity contribution >= 4 is 87.0 Å². The molecular formula is C72H67N3. The van der Waals surface area contributed by atoms with Crippen molar-refractivity contribution in [1.29, 1.82) is 0 Å². The maximum Gasteiger partial charge on any atom is 0.0619 e. The third-order valence-electron chi connectivity index (χ3n) is 16.4. The molecule has 3 aromatic heterocycles. The van der Waals surface area contributed by atoms with Crippen LogP contribution < -0.4 is 0 Å². The smallest absolute Gasteiger partial charge is 0.0619 e. The Bertz CT molecular complexity index is 4080. The second-order valence-electron chi connectivity index (χ2n) is 25.5. The number of hydrogen-bond acceptors (Lipinski definition) is 0. The molecule has 3 heteroatoms. The van der Waals surface area contributed by atoms with Crippen LogP contribution in [0.2, 0.25) is 0 Å². The van der Waals surface area contributed by atoms with E-state index in [0.29, 0.717) is 0 Å². The third kappa shape index (κ3) is 7.37. The number of fused-ring (bicyclic) bond motifs is 11. The molecule has 13 aromatic rings. The topological polar surface area (TPSA) is 14.8 Å². The van der Waals surface area contributed by atoms with Gasteiger partial charge in [0.1, 0.15) is 0 Å². The summed E-state index contributed by atoms with van der Waals surface area (Å²) in [5.74, 6) is 0. The molecule has 0 spiro atoms. The fraction of sp³-hybridized carbons (Fsp3) is 0.222. The lowest BCUT2D eigenvalue weighted by molar-refractivity contribution is 0.590. The standard InChI is InChI=1S/C72H67N3/c1-69(2,3)45-26-34-61-57(38-45)58-39-46(70(4,5)6)27-35-62(58)73(61)49-30-32-51-52-33-31-50(74-63-36-28-47(71(7,8)9)40-59(63)60-41-48(72(10,11)12)29-37-64(60)74)43-66(52)75(65(51)42-49)68-55-24-18-16-22-53(55)67(44-20-14-13-15-21-44)54-23-17-19-25-56(54)68/h13-43H,1-12H3. The van der Waals surface area contributed by atoms with Crippen molar-refractivity contribution in [2.24, 2.45) is 0 Å². The Balaban J connectivity index is 1.16. The van der Waals surface area contributed by atoms with Crippen LogP contribution in [0.3, 0.4) is 0 Å². The van der Waals surface area contributed by atoms with Crippen LogP contribution in [0.15, 0.2) is 188 Å². The van der Waals surface area contributed by atoms with E-state index in [2.05, 4.69) is 285 Å². The first-order chi connectivity index (χ1) is 35.7. The van der Waals surface area contributed by atoms with Gasteiger partial charge in [-0.1, -0.05) is 198 Å². The second-order valence-corrected chi connectivity index (χ2v) is 25.5. The van der Waals surface area contributed by atoms with Crippen molar-refractivity contribution < 1.29 is 0 Å². The molecule has 370 valence electrons.